The average Bonchev–Trinajstić information content (AvgIpc) is 3.62. The molecular weight excluding hydrogens is 433 g/mol. The van der Waals surface area contributed by atoms with Crippen molar-refractivity contribution in [2.45, 2.75) is 58.2 Å². The standard InChI is InChI=1S/C27H34FN3O3/c1-4-33-18-22(32)16-30(20-14-15-20)17-23-26(19(2)3)29-31(21-10-6-5-7-11-21)27(23)34-25-13-9-8-12-24(25)28/h5-13,19-20,22,32H,4,14-18H2,1-3H3/t22-/m0/s1. The smallest absolute Gasteiger partial charge is 0.227 e. The zero-order chi connectivity index (χ0) is 24.1. The Labute approximate surface area is 200 Å². The molecule has 6 nitrogen and oxygen atoms in total. The molecule has 1 N–H and O–H groups in total. The average molecular weight is 468 g/mol. The summed E-state index contributed by atoms with van der Waals surface area (Å²) < 4.78 is 28.0. The second-order valence-corrected chi connectivity index (χ2v) is 9.08. The minimum atomic E-state index is -0.580. The van der Waals surface area contributed by atoms with Crippen molar-refractivity contribution in [3.05, 3.63) is 71.7 Å². The van der Waals surface area contributed by atoms with Crippen molar-refractivity contribution in [2.75, 3.05) is 19.8 Å². The third-order valence-electron chi connectivity index (χ3n) is 5.94. The summed E-state index contributed by atoms with van der Waals surface area (Å²) in [5.74, 6) is 0.374. The van der Waals surface area contributed by atoms with Crippen LogP contribution >= 0.6 is 0 Å². The van der Waals surface area contributed by atoms with Gasteiger partial charge in [-0.15, -0.1) is 0 Å². The lowest BCUT2D eigenvalue weighted by molar-refractivity contribution is 0.0177. The molecule has 1 atom stereocenters. The largest absolute Gasteiger partial charge is 0.435 e. The van der Waals surface area contributed by atoms with E-state index in [1.807, 2.05) is 37.3 Å². The minimum absolute atomic E-state index is 0.136. The summed E-state index contributed by atoms with van der Waals surface area (Å²) in [6.07, 6.45) is 1.60. The van der Waals surface area contributed by atoms with Crippen LogP contribution in [0.1, 0.15) is 50.8 Å². The molecule has 2 aromatic carbocycles. The van der Waals surface area contributed by atoms with Crippen molar-refractivity contribution in [1.82, 2.24) is 14.7 Å². The minimum Gasteiger partial charge on any atom is -0.435 e. The highest BCUT2D eigenvalue weighted by Gasteiger charge is 2.33. The molecule has 3 aromatic rings. The van der Waals surface area contributed by atoms with Crippen molar-refractivity contribution in [1.29, 1.82) is 0 Å². The molecule has 182 valence electrons. The molecule has 0 unspecified atom stereocenters. The molecule has 1 fully saturated rings. The molecule has 0 saturated heterocycles. The van der Waals surface area contributed by atoms with Crippen LogP contribution in [0.25, 0.3) is 5.69 Å². The van der Waals surface area contributed by atoms with Gasteiger partial charge in [-0.25, -0.2) is 9.07 Å². The van der Waals surface area contributed by atoms with Gasteiger partial charge in [0.05, 0.1) is 29.7 Å². The summed E-state index contributed by atoms with van der Waals surface area (Å²) in [6, 6.07) is 16.6. The number of hydrogen-bond acceptors (Lipinski definition) is 5. The summed E-state index contributed by atoms with van der Waals surface area (Å²) in [5, 5.41) is 15.5. The van der Waals surface area contributed by atoms with E-state index in [4.69, 9.17) is 14.6 Å². The predicted octanol–water partition coefficient (Wildman–Crippen LogP) is 5.29. The SMILES string of the molecule is CCOC[C@@H](O)CN(Cc1c(C(C)C)nn(-c2ccccc2)c1Oc1ccccc1F)C1CC1. The van der Waals surface area contributed by atoms with Gasteiger partial charge in [-0.1, -0.05) is 44.2 Å². The highest BCUT2D eigenvalue weighted by molar-refractivity contribution is 5.44. The van der Waals surface area contributed by atoms with E-state index < -0.39 is 11.9 Å². The Morgan fingerprint density at radius 3 is 2.47 bits per heavy atom. The topological polar surface area (TPSA) is 59.8 Å². The van der Waals surface area contributed by atoms with Gasteiger partial charge in [-0.3, -0.25) is 4.90 Å². The Hall–Kier alpha value is -2.74. The zero-order valence-electron chi connectivity index (χ0n) is 20.2. The molecule has 0 spiro atoms. The molecular formula is C27H34FN3O3. The fraction of sp³-hybridized carbons (Fsp3) is 0.444. The lowest BCUT2D eigenvalue weighted by Crippen LogP contribution is -2.36. The second-order valence-electron chi connectivity index (χ2n) is 9.08. The van der Waals surface area contributed by atoms with Gasteiger partial charge in [-0.2, -0.15) is 5.10 Å². The number of hydrogen-bond donors (Lipinski definition) is 1. The van der Waals surface area contributed by atoms with E-state index in [0.717, 1.165) is 29.8 Å². The Morgan fingerprint density at radius 2 is 1.82 bits per heavy atom. The highest BCUT2D eigenvalue weighted by Crippen LogP contribution is 2.37. The molecule has 1 aromatic heterocycles. The van der Waals surface area contributed by atoms with E-state index in [2.05, 4.69) is 18.7 Å². The van der Waals surface area contributed by atoms with E-state index in [1.165, 1.54) is 6.07 Å². The van der Waals surface area contributed by atoms with Crippen LogP contribution < -0.4 is 4.74 Å². The van der Waals surface area contributed by atoms with Gasteiger partial charge < -0.3 is 14.6 Å². The number of rotatable bonds is 12. The zero-order valence-corrected chi connectivity index (χ0v) is 20.2. The molecule has 1 saturated carbocycles. The fourth-order valence-corrected chi connectivity index (χ4v) is 4.11. The summed E-state index contributed by atoms with van der Waals surface area (Å²) in [4.78, 5) is 2.27. The quantitative estimate of drug-likeness (QED) is 0.392. The summed E-state index contributed by atoms with van der Waals surface area (Å²) in [7, 11) is 0. The number of benzene rings is 2. The van der Waals surface area contributed by atoms with Crippen LogP contribution in [0.3, 0.4) is 0 Å². The summed E-state index contributed by atoms with van der Waals surface area (Å²) >= 11 is 0. The van der Waals surface area contributed by atoms with Gasteiger partial charge >= 0.3 is 0 Å². The maximum absolute atomic E-state index is 14.6. The lowest BCUT2D eigenvalue weighted by Gasteiger charge is -2.25. The molecule has 0 bridgehead atoms. The van der Waals surface area contributed by atoms with E-state index in [1.54, 1.807) is 22.9 Å². The Morgan fingerprint density at radius 1 is 1.12 bits per heavy atom. The molecule has 1 heterocycles. The summed E-state index contributed by atoms with van der Waals surface area (Å²) in [6.45, 7) is 8.04. The molecule has 1 aliphatic rings. The van der Waals surface area contributed by atoms with Crippen molar-refractivity contribution in [3.63, 3.8) is 0 Å². The third kappa shape index (κ3) is 5.84. The van der Waals surface area contributed by atoms with Gasteiger partial charge in [-0.05, 0) is 49.9 Å². The van der Waals surface area contributed by atoms with Crippen LogP contribution in [0, 0.1) is 5.82 Å². The van der Waals surface area contributed by atoms with Crippen LogP contribution in [0.4, 0.5) is 4.39 Å². The first-order valence-electron chi connectivity index (χ1n) is 12.1. The molecule has 0 amide bonds. The lowest BCUT2D eigenvalue weighted by atomic mass is 10.1. The third-order valence-corrected chi connectivity index (χ3v) is 5.94. The van der Waals surface area contributed by atoms with E-state index >= 15 is 0 Å². The Bertz CT molecular complexity index is 1070. The molecule has 0 radical (unpaired) electrons. The Kier molecular flexibility index (Phi) is 7.98. The van der Waals surface area contributed by atoms with Gasteiger partial charge in [0.1, 0.15) is 0 Å². The van der Waals surface area contributed by atoms with Gasteiger partial charge in [0.15, 0.2) is 11.6 Å². The monoisotopic (exact) mass is 467 g/mol. The van der Waals surface area contributed by atoms with E-state index in [-0.39, 0.29) is 11.7 Å². The van der Waals surface area contributed by atoms with Crippen molar-refractivity contribution < 1.29 is 19.0 Å². The number of ether oxygens (including phenoxy) is 2. The highest BCUT2D eigenvalue weighted by atomic mass is 19.1. The van der Waals surface area contributed by atoms with Crippen LogP contribution in [-0.4, -0.2) is 51.7 Å². The van der Waals surface area contributed by atoms with Crippen LogP contribution in [0.2, 0.25) is 0 Å². The molecule has 4 rings (SSSR count). The van der Waals surface area contributed by atoms with Crippen LogP contribution in [0.15, 0.2) is 54.6 Å². The number of aromatic nitrogens is 2. The maximum atomic E-state index is 14.6. The second kappa shape index (κ2) is 11.1. The molecule has 1 aliphatic carbocycles. The number of halogens is 1. The molecule has 0 aliphatic heterocycles. The predicted molar refractivity (Wildman–Crippen MR) is 130 cm³/mol. The van der Waals surface area contributed by atoms with Gasteiger partial charge in [0, 0.05) is 25.7 Å². The van der Waals surface area contributed by atoms with E-state index in [0.29, 0.717) is 38.2 Å². The maximum Gasteiger partial charge on any atom is 0.227 e. The Balaban J connectivity index is 1.75. The fourth-order valence-electron chi connectivity index (χ4n) is 4.11. The van der Waals surface area contributed by atoms with Crippen LogP contribution in [0.5, 0.6) is 11.6 Å². The number of aliphatic hydroxyl groups is 1. The van der Waals surface area contributed by atoms with Crippen LogP contribution in [-0.2, 0) is 11.3 Å². The number of nitrogens with zero attached hydrogens (tertiary/aromatic N) is 3. The van der Waals surface area contributed by atoms with Crippen molar-refractivity contribution >= 4 is 0 Å². The number of para-hydroxylation sites is 2. The van der Waals surface area contributed by atoms with Gasteiger partial charge in [0.25, 0.3) is 0 Å². The first kappa shape index (κ1) is 24.4. The van der Waals surface area contributed by atoms with E-state index in [9.17, 15) is 9.50 Å². The molecule has 7 heteroatoms. The van der Waals surface area contributed by atoms with Crippen molar-refractivity contribution in [2.24, 2.45) is 0 Å². The first-order chi connectivity index (χ1) is 16.5. The first-order valence-corrected chi connectivity index (χ1v) is 12.1. The molecule has 34 heavy (non-hydrogen) atoms. The van der Waals surface area contributed by atoms with Crippen molar-refractivity contribution in [3.8, 4) is 17.3 Å². The summed E-state index contributed by atoms with van der Waals surface area (Å²) in [5.41, 5.74) is 2.66. The normalized spacial score (nSPS) is 14.7. The number of aliphatic hydroxyl groups excluding tert-OH is 1. The van der Waals surface area contributed by atoms with Gasteiger partial charge in [0.2, 0.25) is 5.88 Å².